The first-order chi connectivity index (χ1) is 20.5. The third-order valence-corrected chi connectivity index (χ3v) is 8.60. The Morgan fingerprint density at radius 2 is 1.74 bits per heavy atom. The molecular formula is C35H35N5OS. The number of carbonyl (C=O) groups excluding carboxylic acids is 1. The van der Waals surface area contributed by atoms with Crippen LogP contribution in [0.15, 0.2) is 97.2 Å². The Morgan fingerprint density at radius 3 is 2.55 bits per heavy atom. The van der Waals surface area contributed by atoms with Crippen LogP contribution in [0.25, 0.3) is 16.5 Å². The number of pyridine rings is 1. The average molecular weight is 574 g/mol. The highest BCUT2D eigenvalue weighted by Gasteiger charge is 2.41. The zero-order valence-electron chi connectivity index (χ0n) is 24.2. The largest absolute Gasteiger partial charge is 0.352 e. The number of para-hydroxylation sites is 1. The number of anilines is 1. The summed E-state index contributed by atoms with van der Waals surface area (Å²) in [5.74, 6) is -0.0449. The van der Waals surface area contributed by atoms with E-state index in [4.69, 9.17) is 17.2 Å². The topological polar surface area (TPSA) is 62.2 Å². The van der Waals surface area contributed by atoms with Crippen molar-refractivity contribution in [3.8, 4) is 5.69 Å². The number of nitrogens with one attached hydrogen (secondary N) is 2. The highest BCUT2D eigenvalue weighted by Crippen LogP contribution is 2.41. The van der Waals surface area contributed by atoms with Gasteiger partial charge in [0.1, 0.15) is 0 Å². The van der Waals surface area contributed by atoms with E-state index in [0.717, 1.165) is 40.0 Å². The van der Waals surface area contributed by atoms with Crippen LogP contribution in [0.5, 0.6) is 0 Å². The van der Waals surface area contributed by atoms with Crippen LogP contribution >= 0.6 is 12.2 Å². The maximum absolute atomic E-state index is 13.3. The molecular weight excluding hydrogens is 538 g/mol. The maximum atomic E-state index is 13.3. The number of thiocarbonyl (C=S) groups is 1. The van der Waals surface area contributed by atoms with Crippen molar-refractivity contribution in [2.24, 2.45) is 0 Å². The Hall–Kier alpha value is -4.49. The molecule has 6 nitrogen and oxygen atoms in total. The SMILES string of the molecule is CCc1ccccc1-n1c(C)cc([C@@H]2[C@@H](c3ccccn3)NC(=S)N2CCC(=O)Nc2cccc3ccccc23)c1C. The van der Waals surface area contributed by atoms with E-state index < -0.39 is 0 Å². The van der Waals surface area contributed by atoms with Crippen molar-refractivity contribution >= 4 is 39.7 Å². The number of rotatable bonds is 8. The van der Waals surface area contributed by atoms with E-state index in [0.29, 0.717) is 18.1 Å². The van der Waals surface area contributed by atoms with Gasteiger partial charge in [-0.05, 0) is 79.3 Å². The van der Waals surface area contributed by atoms with E-state index in [1.807, 2.05) is 54.7 Å². The van der Waals surface area contributed by atoms with Crippen LogP contribution in [0.4, 0.5) is 5.69 Å². The van der Waals surface area contributed by atoms with Gasteiger partial charge in [0.25, 0.3) is 0 Å². The van der Waals surface area contributed by atoms with Gasteiger partial charge in [0.15, 0.2) is 5.11 Å². The molecule has 212 valence electrons. The Balaban J connectivity index is 1.32. The molecule has 0 unspecified atom stereocenters. The Bertz CT molecular complexity index is 1760. The fraction of sp³-hybridized carbons (Fsp3) is 0.229. The zero-order valence-corrected chi connectivity index (χ0v) is 25.0. The van der Waals surface area contributed by atoms with E-state index >= 15 is 0 Å². The molecule has 0 bridgehead atoms. The summed E-state index contributed by atoms with van der Waals surface area (Å²) in [6.45, 7) is 7.00. The molecule has 1 aliphatic rings. The predicted molar refractivity (Wildman–Crippen MR) is 174 cm³/mol. The number of aryl methyl sites for hydroxylation is 2. The lowest BCUT2D eigenvalue weighted by Crippen LogP contribution is -2.33. The van der Waals surface area contributed by atoms with Crippen molar-refractivity contribution in [1.29, 1.82) is 0 Å². The number of amides is 1. The van der Waals surface area contributed by atoms with Crippen molar-refractivity contribution in [3.05, 3.63) is 125 Å². The Morgan fingerprint density at radius 1 is 0.976 bits per heavy atom. The van der Waals surface area contributed by atoms with Gasteiger partial charge in [0, 0.05) is 47.3 Å². The molecule has 0 aliphatic carbocycles. The molecule has 7 heteroatoms. The van der Waals surface area contributed by atoms with E-state index in [2.05, 4.69) is 83.3 Å². The molecule has 42 heavy (non-hydrogen) atoms. The first-order valence-corrected chi connectivity index (χ1v) is 14.9. The minimum atomic E-state index is -0.143. The third kappa shape index (κ3) is 5.16. The van der Waals surface area contributed by atoms with Crippen LogP contribution < -0.4 is 10.6 Å². The fourth-order valence-corrected chi connectivity index (χ4v) is 6.57. The number of benzene rings is 3. The van der Waals surface area contributed by atoms with Gasteiger partial charge in [-0.3, -0.25) is 9.78 Å². The summed E-state index contributed by atoms with van der Waals surface area (Å²) in [6.07, 6.45) is 3.07. The number of carbonyl (C=O) groups is 1. The molecule has 0 radical (unpaired) electrons. The molecule has 6 rings (SSSR count). The second kappa shape index (κ2) is 11.8. The van der Waals surface area contributed by atoms with Gasteiger partial charge in [0.05, 0.1) is 17.8 Å². The van der Waals surface area contributed by atoms with Gasteiger partial charge in [-0.15, -0.1) is 0 Å². The molecule has 2 aromatic heterocycles. The van der Waals surface area contributed by atoms with Gasteiger partial charge < -0.3 is 20.1 Å². The molecule has 1 saturated heterocycles. The number of hydrogen-bond acceptors (Lipinski definition) is 3. The number of nitrogens with zero attached hydrogens (tertiary/aromatic N) is 3. The molecule has 0 saturated carbocycles. The molecule has 2 N–H and O–H groups in total. The van der Waals surface area contributed by atoms with Crippen molar-refractivity contribution in [2.45, 2.75) is 45.7 Å². The van der Waals surface area contributed by atoms with Gasteiger partial charge in [-0.25, -0.2) is 0 Å². The Labute approximate surface area is 252 Å². The second-order valence-electron chi connectivity index (χ2n) is 10.8. The molecule has 3 heterocycles. The second-order valence-corrected chi connectivity index (χ2v) is 11.2. The summed E-state index contributed by atoms with van der Waals surface area (Å²) in [5, 5.41) is 9.43. The van der Waals surface area contributed by atoms with Crippen LogP contribution in [-0.4, -0.2) is 32.0 Å². The first kappa shape index (κ1) is 27.7. The lowest BCUT2D eigenvalue weighted by atomic mass is 9.96. The monoisotopic (exact) mass is 573 g/mol. The van der Waals surface area contributed by atoms with Crippen molar-refractivity contribution in [3.63, 3.8) is 0 Å². The fourth-order valence-electron chi connectivity index (χ4n) is 6.24. The third-order valence-electron chi connectivity index (χ3n) is 8.24. The van der Waals surface area contributed by atoms with Crippen LogP contribution in [0.1, 0.15) is 53.6 Å². The van der Waals surface area contributed by atoms with Crippen molar-refractivity contribution in [2.75, 3.05) is 11.9 Å². The molecule has 1 aliphatic heterocycles. The highest BCUT2D eigenvalue weighted by molar-refractivity contribution is 7.80. The van der Waals surface area contributed by atoms with E-state index in [1.165, 1.54) is 16.8 Å². The summed E-state index contributed by atoms with van der Waals surface area (Å²) in [7, 11) is 0. The first-order valence-electron chi connectivity index (χ1n) is 14.5. The van der Waals surface area contributed by atoms with E-state index in [9.17, 15) is 4.79 Å². The molecule has 1 amide bonds. The van der Waals surface area contributed by atoms with Crippen LogP contribution in [0.2, 0.25) is 0 Å². The lowest BCUT2D eigenvalue weighted by molar-refractivity contribution is -0.116. The van der Waals surface area contributed by atoms with Gasteiger partial charge in [0.2, 0.25) is 5.91 Å². The highest BCUT2D eigenvalue weighted by atomic mass is 32.1. The Kier molecular flexibility index (Phi) is 7.76. The summed E-state index contributed by atoms with van der Waals surface area (Å²) in [5.41, 5.74) is 7.74. The number of aromatic nitrogens is 2. The van der Waals surface area contributed by atoms with Crippen LogP contribution in [0.3, 0.4) is 0 Å². The quantitative estimate of drug-likeness (QED) is 0.192. The molecule has 1 fully saturated rings. The summed E-state index contributed by atoms with van der Waals surface area (Å²) >= 11 is 5.90. The summed E-state index contributed by atoms with van der Waals surface area (Å²) in [4.78, 5) is 20.1. The summed E-state index contributed by atoms with van der Waals surface area (Å²) in [6, 6.07) is 30.6. The van der Waals surface area contributed by atoms with E-state index in [-0.39, 0.29) is 18.0 Å². The van der Waals surface area contributed by atoms with Gasteiger partial charge in [-0.2, -0.15) is 0 Å². The van der Waals surface area contributed by atoms with Crippen molar-refractivity contribution < 1.29 is 4.79 Å². The van der Waals surface area contributed by atoms with Gasteiger partial charge in [-0.1, -0.05) is 67.6 Å². The minimum absolute atomic E-state index is 0.0449. The van der Waals surface area contributed by atoms with E-state index in [1.54, 1.807) is 0 Å². The molecule has 0 spiro atoms. The standard InChI is InChI=1S/C35H35N5OS/c1-4-25-12-6-8-18-31(25)40-23(2)22-28(24(40)3)34-33(30-16-9-10-20-36-30)38-35(42)39(34)21-19-32(41)37-29-17-11-14-26-13-5-7-15-27(26)29/h5-18,20,22,33-34H,4,19,21H2,1-3H3,(H,37,41)(H,38,42)/t33-,34-/m1/s1. The van der Waals surface area contributed by atoms with Crippen LogP contribution in [0, 0.1) is 13.8 Å². The number of fused-ring (bicyclic) bond motifs is 1. The minimum Gasteiger partial charge on any atom is -0.352 e. The van der Waals surface area contributed by atoms with Crippen molar-refractivity contribution in [1.82, 2.24) is 19.8 Å². The normalized spacial score (nSPS) is 16.5. The predicted octanol–water partition coefficient (Wildman–Crippen LogP) is 7.21. The zero-order chi connectivity index (χ0) is 29.2. The number of hydrogen-bond donors (Lipinski definition) is 2. The van der Waals surface area contributed by atoms with Crippen LogP contribution in [-0.2, 0) is 11.2 Å². The summed E-state index contributed by atoms with van der Waals surface area (Å²) < 4.78 is 2.34. The lowest BCUT2D eigenvalue weighted by Gasteiger charge is -2.28. The average Bonchev–Trinajstić information content (AvgIpc) is 3.50. The molecule has 3 aromatic carbocycles. The van der Waals surface area contributed by atoms with Gasteiger partial charge >= 0.3 is 0 Å². The molecule has 2 atom stereocenters. The molecule has 5 aromatic rings. The maximum Gasteiger partial charge on any atom is 0.226 e. The smallest absolute Gasteiger partial charge is 0.226 e.